The van der Waals surface area contributed by atoms with Gasteiger partial charge in [-0.1, -0.05) is 13.3 Å². The van der Waals surface area contributed by atoms with Gasteiger partial charge in [-0.15, -0.1) is 0 Å². The van der Waals surface area contributed by atoms with Gasteiger partial charge in [-0.25, -0.2) is 0 Å². The summed E-state index contributed by atoms with van der Waals surface area (Å²) in [5.74, 6) is 0. The van der Waals surface area contributed by atoms with Crippen molar-refractivity contribution in [2.45, 2.75) is 45.7 Å². The van der Waals surface area contributed by atoms with E-state index in [4.69, 9.17) is 5.73 Å². The number of hydrogen-bond donors (Lipinski definition) is 2. The van der Waals surface area contributed by atoms with Gasteiger partial charge in [0.15, 0.2) is 0 Å². The van der Waals surface area contributed by atoms with Crippen LogP contribution in [-0.2, 0) is 0 Å². The van der Waals surface area contributed by atoms with E-state index in [2.05, 4.69) is 19.2 Å². The number of hydrogen-bond acceptors (Lipinski definition) is 2. The highest BCUT2D eigenvalue weighted by atomic mass is 14.9. The van der Waals surface area contributed by atoms with Gasteiger partial charge >= 0.3 is 0 Å². The third-order valence-electron chi connectivity index (χ3n) is 1.79. The summed E-state index contributed by atoms with van der Waals surface area (Å²) in [6.07, 6.45) is 2.50. The minimum absolute atomic E-state index is 0.261. The van der Waals surface area contributed by atoms with Crippen molar-refractivity contribution in [3.05, 3.63) is 0 Å². The molecule has 0 aromatic heterocycles. The third kappa shape index (κ3) is 4.77. The number of nitrogens with two attached hydrogens (primary N) is 1. The van der Waals surface area contributed by atoms with Gasteiger partial charge in [0.2, 0.25) is 0 Å². The fourth-order valence-corrected chi connectivity index (χ4v) is 0.692. The minimum Gasteiger partial charge on any atom is -0.327 e. The summed E-state index contributed by atoms with van der Waals surface area (Å²) < 4.78 is 0. The Morgan fingerprint density at radius 2 is 2.00 bits per heavy atom. The summed E-state index contributed by atoms with van der Waals surface area (Å²) in [6.45, 7) is 7.45. The Balaban J connectivity index is 3.13. The smallest absolute Gasteiger partial charge is 0.0188 e. The highest BCUT2D eigenvalue weighted by Crippen LogP contribution is 1.89. The molecule has 0 rings (SSSR count). The van der Waals surface area contributed by atoms with Crippen LogP contribution in [0.5, 0.6) is 0 Å². The fourth-order valence-electron chi connectivity index (χ4n) is 0.692. The predicted molar refractivity (Wildman–Crippen MR) is 46.0 cm³/mol. The zero-order valence-electron chi connectivity index (χ0n) is 7.35. The van der Waals surface area contributed by atoms with Crippen LogP contribution in [0, 0.1) is 0 Å². The molecule has 0 fully saturated rings. The van der Waals surface area contributed by atoms with E-state index >= 15 is 0 Å². The first kappa shape index (κ1) is 9.92. The van der Waals surface area contributed by atoms with Crippen LogP contribution in [0.4, 0.5) is 0 Å². The second-order valence-corrected chi connectivity index (χ2v) is 2.96. The first-order valence-electron chi connectivity index (χ1n) is 4.17. The molecule has 1 unspecified atom stereocenters. The van der Waals surface area contributed by atoms with Gasteiger partial charge in [0.25, 0.3) is 0 Å². The van der Waals surface area contributed by atoms with Gasteiger partial charge in [0.05, 0.1) is 0 Å². The molecule has 0 amide bonds. The van der Waals surface area contributed by atoms with E-state index in [9.17, 15) is 0 Å². The van der Waals surface area contributed by atoms with Crippen molar-refractivity contribution in [1.29, 1.82) is 0 Å². The minimum atomic E-state index is 0.261. The molecule has 0 radical (unpaired) electrons. The standard InChI is InChI=1S/C8H20N2/c1-4-5-6-10-8(3)7(2)9/h7-8,10H,4-6,9H2,1-3H3/t7-,8?/m1/s1. The van der Waals surface area contributed by atoms with Crippen molar-refractivity contribution >= 4 is 0 Å². The summed E-state index contributed by atoms with van der Waals surface area (Å²) in [6, 6.07) is 0.711. The molecule has 2 nitrogen and oxygen atoms in total. The Labute approximate surface area is 64.2 Å². The van der Waals surface area contributed by atoms with E-state index in [0.717, 1.165) is 6.54 Å². The zero-order valence-corrected chi connectivity index (χ0v) is 7.35. The lowest BCUT2D eigenvalue weighted by Crippen LogP contribution is -2.41. The highest BCUT2D eigenvalue weighted by Gasteiger charge is 2.03. The lowest BCUT2D eigenvalue weighted by molar-refractivity contribution is 0.472. The van der Waals surface area contributed by atoms with Gasteiger partial charge in [-0.2, -0.15) is 0 Å². The Kier molecular flexibility index (Phi) is 5.64. The van der Waals surface area contributed by atoms with Crippen LogP contribution < -0.4 is 11.1 Å². The molecule has 0 saturated heterocycles. The summed E-state index contributed by atoms with van der Waals surface area (Å²) in [5.41, 5.74) is 5.66. The SMILES string of the molecule is CCCCNC(C)[C@@H](C)N. The first-order valence-corrected chi connectivity index (χ1v) is 4.17. The van der Waals surface area contributed by atoms with Crippen molar-refractivity contribution in [3.8, 4) is 0 Å². The largest absolute Gasteiger partial charge is 0.327 e. The maximum Gasteiger partial charge on any atom is 0.0188 e. The van der Waals surface area contributed by atoms with E-state index in [1.165, 1.54) is 12.8 Å². The molecule has 0 aliphatic heterocycles. The van der Waals surface area contributed by atoms with Crippen LogP contribution >= 0.6 is 0 Å². The Morgan fingerprint density at radius 3 is 2.40 bits per heavy atom. The summed E-state index contributed by atoms with van der Waals surface area (Å²) in [5, 5.41) is 3.36. The number of rotatable bonds is 5. The average molecular weight is 144 g/mol. The second kappa shape index (κ2) is 5.69. The monoisotopic (exact) mass is 144 g/mol. The van der Waals surface area contributed by atoms with E-state index in [1.54, 1.807) is 0 Å². The maximum absolute atomic E-state index is 5.66. The maximum atomic E-state index is 5.66. The molecule has 0 bridgehead atoms. The van der Waals surface area contributed by atoms with E-state index in [-0.39, 0.29) is 6.04 Å². The third-order valence-corrected chi connectivity index (χ3v) is 1.79. The van der Waals surface area contributed by atoms with E-state index < -0.39 is 0 Å². The van der Waals surface area contributed by atoms with Gasteiger partial charge < -0.3 is 11.1 Å². The summed E-state index contributed by atoms with van der Waals surface area (Å²) in [7, 11) is 0. The Bertz CT molecular complexity index is 71.7. The van der Waals surface area contributed by atoms with Crippen LogP contribution in [0.25, 0.3) is 0 Å². The van der Waals surface area contributed by atoms with Crippen LogP contribution in [0.2, 0.25) is 0 Å². The molecule has 0 aromatic rings. The molecule has 0 aliphatic rings. The summed E-state index contributed by atoms with van der Waals surface area (Å²) >= 11 is 0. The van der Waals surface area contributed by atoms with Crippen LogP contribution in [-0.4, -0.2) is 18.6 Å². The molecular formula is C8H20N2. The highest BCUT2D eigenvalue weighted by molar-refractivity contribution is 4.69. The average Bonchev–Trinajstić information content (AvgIpc) is 1.88. The molecule has 3 N–H and O–H groups in total. The second-order valence-electron chi connectivity index (χ2n) is 2.96. The molecule has 0 heterocycles. The van der Waals surface area contributed by atoms with E-state index in [0.29, 0.717) is 6.04 Å². The summed E-state index contributed by atoms with van der Waals surface area (Å²) in [4.78, 5) is 0. The quantitative estimate of drug-likeness (QED) is 0.567. The Morgan fingerprint density at radius 1 is 1.40 bits per heavy atom. The van der Waals surface area contributed by atoms with Gasteiger partial charge in [0, 0.05) is 12.1 Å². The fraction of sp³-hybridized carbons (Fsp3) is 1.00. The number of nitrogens with one attached hydrogen (secondary N) is 1. The number of unbranched alkanes of at least 4 members (excludes halogenated alkanes) is 1. The predicted octanol–water partition coefficient (Wildman–Crippen LogP) is 1.11. The van der Waals surface area contributed by atoms with Crippen molar-refractivity contribution in [2.24, 2.45) is 5.73 Å². The van der Waals surface area contributed by atoms with Gasteiger partial charge in [0.1, 0.15) is 0 Å². The van der Waals surface area contributed by atoms with Crippen LogP contribution in [0.15, 0.2) is 0 Å². The van der Waals surface area contributed by atoms with Crippen molar-refractivity contribution < 1.29 is 0 Å². The van der Waals surface area contributed by atoms with Crippen molar-refractivity contribution in [3.63, 3.8) is 0 Å². The molecular weight excluding hydrogens is 124 g/mol. The molecule has 2 heteroatoms. The molecule has 0 aromatic carbocycles. The molecule has 0 spiro atoms. The molecule has 2 atom stereocenters. The molecule has 0 saturated carbocycles. The lowest BCUT2D eigenvalue weighted by atomic mass is 10.2. The zero-order chi connectivity index (χ0) is 7.98. The van der Waals surface area contributed by atoms with Crippen molar-refractivity contribution in [2.75, 3.05) is 6.54 Å². The van der Waals surface area contributed by atoms with Gasteiger partial charge in [-0.3, -0.25) is 0 Å². The topological polar surface area (TPSA) is 38.0 Å². The van der Waals surface area contributed by atoms with Crippen molar-refractivity contribution in [1.82, 2.24) is 5.32 Å². The molecule has 62 valence electrons. The Hall–Kier alpha value is -0.0800. The normalized spacial score (nSPS) is 16.8. The molecule has 10 heavy (non-hydrogen) atoms. The molecule has 0 aliphatic carbocycles. The van der Waals surface area contributed by atoms with Crippen LogP contribution in [0.1, 0.15) is 33.6 Å². The van der Waals surface area contributed by atoms with Crippen LogP contribution in [0.3, 0.4) is 0 Å². The first-order chi connectivity index (χ1) is 4.68. The van der Waals surface area contributed by atoms with E-state index in [1.807, 2.05) is 6.92 Å². The van der Waals surface area contributed by atoms with Gasteiger partial charge in [-0.05, 0) is 26.8 Å². The lowest BCUT2D eigenvalue weighted by Gasteiger charge is -2.16.